The van der Waals surface area contributed by atoms with Gasteiger partial charge in [-0.05, 0) is 25.0 Å². The minimum Gasteiger partial charge on any atom is -0.497 e. The summed E-state index contributed by atoms with van der Waals surface area (Å²) in [7, 11) is 1.62. The topological polar surface area (TPSA) is 32.7 Å². The third kappa shape index (κ3) is 2.42. The number of benzene rings is 1. The molecular weight excluding hydrogens is 226 g/mol. The van der Waals surface area contributed by atoms with E-state index in [9.17, 15) is 5.11 Å². The van der Waals surface area contributed by atoms with Crippen molar-refractivity contribution in [1.29, 1.82) is 0 Å². The number of aliphatic hydroxyl groups is 1. The third-order valence-corrected chi connectivity index (χ3v) is 3.19. The molecule has 0 spiro atoms. The summed E-state index contributed by atoms with van der Waals surface area (Å²) >= 11 is 6.19. The number of methoxy groups -OCH3 is 1. The quantitative estimate of drug-likeness (QED) is 0.863. The van der Waals surface area contributed by atoms with Crippen LogP contribution in [-0.2, 0) is 0 Å². The van der Waals surface area contributed by atoms with Crippen LogP contribution in [0.25, 0.3) is 0 Å². The highest BCUT2D eigenvalue weighted by molar-refractivity contribution is 6.33. The van der Waals surface area contributed by atoms with E-state index in [0.29, 0.717) is 11.6 Å². The van der Waals surface area contributed by atoms with Crippen LogP contribution in [0.3, 0.4) is 0 Å². The van der Waals surface area contributed by atoms with Crippen LogP contribution < -0.4 is 9.64 Å². The SMILES string of the molecule is COc1ccc(N2CCCC(O)C2)c(Cl)c1. The van der Waals surface area contributed by atoms with Gasteiger partial charge in [0.1, 0.15) is 5.75 Å². The molecular formula is C12H16ClNO2. The van der Waals surface area contributed by atoms with Crippen molar-refractivity contribution in [1.82, 2.24) is 0 Å². The van der Waals surface area contributed by atoms with Gasteiger partial charge in [-0.1, -0.05) is 11.6 Å². The fraction of sp³-hybridized carbons (Fsp3) is 0.500. The normalized spacial score (nSPS) is 20.9. The second kappa shape index (κ2) is 4.93. The molecule has 1 aromatic carbocycles. The van der Waals surface area contributed by atoms with E-state index in [-0.39, 0.29) is 6.10 Å². The maximum Gasteiger partial charge on any atom is 0.120 e. The number of hydrogen-bond acceptors (Lipinski definition) is 3. The Labute approximate surface area is 101 Å². The van der Waals surface area contributed by atoms with Crippen molar-refractivity contribution >= 4 is 17.3 Å². The van der Waals surface area contributed by atoms with Crippen molar-refractivity contribution < 1.29 is 9.84 Å². The van der Waals surface area contributed by atoms with Crippen LogP contribution in [0.15, 0.2) is 18.2 Å². The Kier molecular flexibility index (Phi) is 3.56. The monoisotopic (exact) mass is 241 g/mol. The molecule has 1 unspecified atom stereocenters. The zero-order valence-corrected chi connectivity index (χ0v) is 10.1. The summed E-state index contributed by atoms with van der Waals surface area (Å²) < 4.78 is 5.11. The Morgan fingerprint density at radius 2 is 2.31 bits per heavy atom. The molecule has 88 valence electrons. The lowest BCUT2D eigenvalue weighted by Crippen LogP contribution is -2.38. The van der Waals surface area contributed by atoms with E-state index in [1.54, 1.807) is 13.2 Å². The first kappa shape index (κ1) is 11.6. The van der Waals surface area contributed by atoms with Gasteiger partial charge < -0.3 is 14.7 Å². The highest BCUT2D eigenvalue weighted by Crippen LogP contribution is 2.31. The molecule has 1 saturated heterocycles. The molecule has 0 radical (unpaired) electrons. The number of rotatable bonds is 2. The molecule has 1 atom stereocenters. The third-order valence-electron chi connectivity index (χ3n) is 2.89. The zero-order chi connectivity index (χ0) is 11.5. The van der Waals surface area contributed by atoms with Gasteiger partial charge in [0.25, 0.3) is 0 Å². The van der Waals surface area contributed by atoms with Crippen molar-refractivity contribution in [3.8, 4) is 5.75 Å². The van der Waals surface area contributed by atoms with Crippen LogP contribution in [0.5, 0.6) is 5.75 Å². The molecule has 4 heteroatoms. The summed E-state index contributed by atoms with van der Waals surface area (Å²) in [5, 5.41) is 10.3. The van der Waals surface area contributed by atoms with Crippen molar-refractivity contribution in [3.05, 3.63) is 23.2 Å². The summed E-state index contributed by atoms with van der Waals surface area (Å²) in [6, 6.07) is 5.64. The number of piperidine rings is 1. The van der Waals surface area contributed by atoms with Crippen molar-refractivity contribution in [2.45, 2.75) is 18.9 Å². The summed E-state index contributed by atoms with van der Waals surface area (Å²) in [4.78, 5) is 2.12. The molecule has 0 bridgehead atoms. The van der Waals surface area contributed by atoms with Crippen LogP contribution in [0.4, 0.5) is 5.69 Å². The van der Waals surface area contributed by atoms with Gasteiger partial charge in [0.05, 0.1) is 23.9 Å². The molecule has 0 saturated carbocycles. The molecule has 2 rings (SSSR count). The Morgan fingerprint density at radius 3 is 2.94 bits per heavy atom. The number of aliphatic hydroxyl groups excluding tert-OH is 1. The average Bonchev–Trinajstić information content (AvgIpc) is 2.28. The fourth-order valence-electron chi connectivity index (χ4n) is 2.04. The highest BCUT2D eigenvalue weighted by Gasteiger charge is 2.19. The lowest BCUT2D eigenvalue weighted by Gasteiger charge is -2.32. The number of ether oxygens (including phenoxy) is 1. The Hall–Kier alpha value is -0.930. The number of β-amino-alcohol motifs (C(OH)–C–C–N with tert-alkyl or cyclic N) is 1. The van der Waals surface area contributed by atoms with E-state index in [2.05, 4.69) is 4.90 Å². The van der Waals surface area contributed by atoms with Crippen LogP contribution in [0, 0.1) is 0 Å². The molecule has 0 aromatic heterocycles. The summed E-state index contributed by atoms with van der Waals surface area (Å²) in [5.41, 5.74) is 0.973. The maximum atomic E-state index is 9.62. The molecule has 1 aliphatic rings. The second-order valence-electron chi connectivity index (χ2n) is 4.06. The van der Waals surface area contributed by atoms with E-state index in [1.165, 1.54) is 0 Å². The van der Waals surface area contributed by atoms with Gasteiger partial charge in [-0.15, -0.1) is 0 Å². The lowest BCUT2D eigenvalue weighted by molar-refractivity contribution is 0.154. The summed E-state index contributed by atoms with van der Waals surface area (Å²) in [5.74, 6) is 0.756. The first-order valence-electron chi connectivity index (χ1n) is 5.47. The van der Waals surface area contributed by atoms with Crippen LogP contribution in [-0.4, -0.2) is 31.4 Å². The number of nitrogens with zero attached hydrogens (tertiary/aromatic N) is 1. The van der Waals surface area contributed by atoms with Gasteiger partial charge >= 0.3 is 0 Å². The Bertz CT molecular complexity index is 370. The molecule has 1 N–H and O–H groups in total. The predicted octanol–water partition coefficient (Wildman–Crippen LogP) is 2.31. The van der Waals surface area contributed by atoms with Crippen LogP contribution in [0.1, 0.15) is 12.8 Å². The van der Waals surface area contributed by atoms with Crippen LogP contribution in [0.2, 0.25) is 5.02 Å². The van der Waals surface area contributed by atoms with E-state index in [1.807, 2.05) is 12.1 Å². The first-order chi connectivity index (χ1) is 7.70. The fourth-order valence-corrected chi connectivity index (χ4v) is 2.33. The maximum absolute atomic E-state index is 9.62. The summed E-state index contributed by atoms with van der Waals surface area (Å²) in [6.07, 6.45) is 1.64. The smallest absolute Gasteiger partial charge is 0.120 e. The second-order valence-corrected chi connectivity index (χ2v) is 4.47. The minimum absolute atomic E-state index is 0.244. The first-order valence-corrected chi connectivity index (χ1v) is 5.85. The summed E-state index contributed by atoms with van der Waals surface area (Å²) in [6.45, 7) is 1.61. The highest BCUT2D eigenvalue weighted by atomic mass is 35.5. The van der Waals surface area contributed by atoms with Crippen molar-refractivity contribution in [3.63, 3.8) is 0 Å². The Balaban J connectivity index is 2.19. The molecule has 0 aliphatic carbocycles. The molecule has 1 aliphatic heterocycles. The number of anilines is 1. The number of halogens is 1. The minimum atomic E-state index is -0.244. The van der Waals surface area contributed by atoms with Crippen molar-refractivity contribution in [2.75, 3.05) is 25.1 Å². The Morgan fingerprint density at radius 1 is 1.50 bits per heavy atom. The lowest BCUT2D eigenvalue weighted by atomic mass is 10.1. The van der Waals surface area contributed by atoms with Gasteiger partial charge in [0, 0.05) is 19.2 Å². The van der Waals surface area contributed by atoms with Gasteiger partial charge in [-0.25, -0.2) is 0 Å². The van der Waals surface area contributed by atoms with E-state index < -0.39 is 0 Å². The molecule has 16 heavy (non-hydrogen) atoms. The molecule has 1 heterocycles. The molecule has 1 fully saturated rings. The molecule has 1 aromatic rings. The number of hydrogen-bond donors (Lipinski definition) is 1. The largest absolute Gasteiger partial charge is 0.497 e. The molecule has 0 amide bonds. The van der Waals surface area contributed by atoms with Crippen LogP contribution >= 0.6 is 11.6 Å². The van der Waals surface area contributed by atoms with E-state index in [0.717, 1.165) is 30.8 Å². The van der Waals surface area contributed by atoms with Crippen molar-refractivity contribution in [2.24, 2.45) is 0 Å². The zero-order valence-electron chi connectivity index (χ0n) is 9.32. The van der Waals surface area contributed by atoms with E-state index >= 15 is 0 Å². The van der Waals surface area contributed by atoms with Gasteiger partial charge in [-0.2, -0.15) is 0 Å². The van der Waals surface area contributed by atoms with Gasteiger partial charge in [-0.3, -0.25) is 0 Å². The molecule has 3 nitrogen and oxygen atoms in total. The van der Waals surface area contributed by atoms with Gasteiger partial charge in [0.15, 0.2) is 0 Å². The van der Waals surface area contributed by atoms with Gasteiger partial charge in [0.2, 0.25) is 0 Å². The van der Waals surface area contributed by atoms with E-state index in [4.69, 9.17) is 16.3 Å². The standard InChI is InChI=1S/C12H16ClNO2/c1-16-10-4-5-12(11(13)7-10)14-6-2-3-9(15)8-14/h4-5,7,9,15H,2-3,6,8H2,1H3. The predicted molar refractivity (Wildman–Crippen MR) is 65.5 cm³/mol. The average molecular weight is 242 g/mol.